The molecule has 1 aromatic heterocycles. The second kappa shape index (κ2) is 9.45. The standard InChI is InChI=1S/C19H16N4O8S/c1-12(24)13-4-8-16(9-5-13)32(28,29)20-10-18(25)30-11-17-21-22-19(31-17)14-2-6-15(7-3-14)23(26)27/h2-9,20H,10-11H2,1H3. The zero-order valence-corrected chi connectivity index (χ0v) is 17.4. The number of nitrogens with one attached hydrogen (secondary N) is 1. The lowest BCUT2D eigenvalue weighted by Gasteiger charge is -2.07. The van der Waals surface area contributed by atoms with E-state index in [9.17, 15) is 28.1 Å². The number of hydrogen-bond acceptors (Lipinski definition) is 10. The third-order valence-corrected chi connectivity index (χ3v) is 5.54. The summed E-state index contributed by atoms with van der Waals surface area (Å²) in [4.78, 5) is 33.2. The highest BCUT2D eigenvalue weighted by molar-refractivity contribution is 7.89. The summed E-state index contributed by atoms with van der Waals surface area (Å²) in [7, 11) is -3.98. The highest BCUT2D eigenvalue weighted by Gasteiger charge is 2.17. The van der Waals surface area contributed by atoms with Crippen molar-refractivity contribution >= 4 is 27.5 Å². The van der Waals surface area contributed by atoms with Crippen LogP contribution in [-0.4, -0.2) is 41.8 Å². The van der Waals surface area contributed by atoms with Crippen molar-refractivity contribution in [2.45, 2.75) is 18.4 Å². The fourth-order valence-electron chi connectivity index (χ4n) is 2.45. The van der Waals surface area contributed by atoms with Gasteiger partial charge in [-0.05, 0) is 31.2 Å². The molecule has 1 N–H and O–H groups in total. The van der Waals surface area contributed by atoms with Crippen molar-refractivity contribution in [2.75, 3.05) is 6.54 Å². The molecule has 3 rings (SSSR count). The minimum Gasteiger partial charge on any atom is -0.455 e. The molecule has 0 fully saturated rings. The molecule has 0 aliphatic carbocycles. The van der Waals surface area contributed by atoms with E-state index in [-0.39, 0.29) is 28.1 Å². The maximum absolute atomic E-state index is 12.2. The Hall–Kier alpha value is -3.97. The minimum absolute atomic E-state index is 0.0469. The molecule has 0 saturated heterocycles. The zero-order chi connectivity index (χ0) is 23.3. The molecule has 0 saturated carbocycles. The number of aromatic nitrogens is 2. The number of non-ortho nitro benzene ring substituents is 1. The quantitative estimate of drug-likeness (QED) is 0.215. The fraction of sp³-hybridized carbons (Fsp3) is 0.158. The third-order valence-electron chi connectivity index (χ3n) is 4.13. The van der Waals surface area contributed by atoms with Crippen LogP contribution in [0.5, 0.6) is 0 Å². The van der Waals surface area contributed by atoms with Gasteiger partial charge in [-0.3, -0.25) is 19.7 Å². The van der Waals surface area contributed by atoms with Crippen molar-refractivity contribution in [3.63, 3.8) is 0 Å². The average Bonchev–Trinajstić information content (AvgIpc) is 3.25. The lowest BCUT2D eigenvalue weighted by molar-refractivity contribution is -0.384. The number of carbonyl (C=O) groups is 2. The molecule has 0 bridgehead atoms. The molecular formula is C19H16N4O8S. The molecule has 0 atom stereocenters. The maximum Gasteiger partial charge on any atom is 0.321 e. The number of nitro groups is 1. The molecule has 1 heterocycles. The van der Waals surface area contributed by atoms with E-state index < -0.39 is 34.1 Å². The van der Waals surface area contributed by atoms with Gasteiger partial charge in [-0.15, -0.1) is 10.2 Å². The SMILES string of the molecule is CC(=O)c1ccc(S(=O)(=O)NCC(=O)OCc2nnc(-c3ccc([N+](=O)[O-])cc3)o2)cc1. The molecule has 0 spiro atoms. The minimum atomic E-state index is -3.98. The van der Waals surface area contributed by atoms with Gasteiger partial charge in [0.2, 0.25) is 15.9 Å². The number of ketones is 1. The third kappa shape index (κ3) is 5.59. The Morgan fingerprint density at radius 3 is 2.34 bits per heavy atom. The van der Waals surface area contributed by atoms with Gasteiger partial charge in [0.15, 0.2) is 12.4 Å². The first-order chi connectivity index (χ1) is 15.2. The topological polar surface area (TPSA) is 172 Å². The van der Waals surface area contributed by atoms with Crippen LogP contribution in [0, 0.1) is 10.1 Å². The number of nitrogens with zero attached hydrogens (tertiary/aromatic N) is 3. The summed E-state index contributed by atoms with van der Waals surface area (Å²) >= 11 is 0. The summed E-state index contributed by atoms with van der Waals surface area (Å²) in [6, 6.07) is 10.7. The van der Waals surface area contributed by atoms with Crippen molar-refractivity contribution in [3.05, 3.63) is 70.1 Å². The Labute approximate surface area is 181 Å². The average molecular weight is 460 g/mol. The van der Waals surface area contributed by atoms with E-state index >= 15 is 0 Å². The van der Waals surface area contributed by atoms with Gasteiger partial charge in [-0.25, -0.2) is 8.42 Å². The van der Waals surface area contributed by atoms with E-state index in [0.29, 0.717) is 11.1 Å². The van der Waals surface area contributed by atoms with Crippen LogP contribution in [0.15, 0.2) is 57.8 Å². The first-order valence-corrected chi connectivity index (χ1v) is 10.5. The molecule has 32 heavy (non-hydrogen) atoms. The van der Waals surface area contributed by atoms with Crippen LogP contribution in [0.1, 0.15) is 23.2 Å². The van der Waals surface area contributed by atoms with Gasteiger partial charge >= 0.3 is 5.97 Å². The molecule has 3 aromatic rings. The Kier molecular flexibility index (Phi) is 6.70. The Morgan fingerprint density at radius 1 is 1.09 bits per heavy atom. The van der Waals surface area contributed by atoms with E-state index in [1.54, 1.807) is 0 Å². The fourth-order valence-corrected chi connectivity index (χ4v) is 3.42. The lowest BCUT2D eigenvalue weighted by atomic mass is 10.2. The summed E-state index contributed by atoms with van der Waals surface area (Å²) in [6.45, 7) is 0.323. The lowest BCUT2D eigenvalue weighted by Crippen LogP contribution is -2.30. The van der Waals surface area contributed by atoms with Gasteiger partial charge in [0.25, 0.3) is 11.6 Å². The van der Waals surface area contributed by atoms with Crippen LogP contribution in [-0.2, 0) is 26.2 Å². The van der Waals surface area contributed by atoms with Crippen LogP contribution in [0.2, 0.25) is 0 Å². The molecule has 0 aliphatic rings. The number of esters is 1. The first kappa shape index (κ1) is 22.7. The Morgan fingerprint density at radius 2 is 1.75 bits per heavy atom. The number of hydrogen-bond donors (Lipinski definition) is 1. The predicted molar refractivity (Wildman–Crippen MR) is 108 cm³/mol. The molecule has 2 aromatic carbocycles. The van der Waals surface area contributed by atoms with Gasteiger partial charge in [0.05, 0.1) is 9.82 Å². The number of carbonyl (C=O) groups excluding carboxylic acids is 2. The molecule has 166 valence electrons. The number of sulfonamides is 1. The van der Waals surface area contributed by atoms with E-state index in [4.69, 9.17) is 9.15 Å². The van der Waals surface area contributed by atoms with Crippen molar-refractivity contribution in [1.82, 2.24) is 14.9 Å². The van der Waals surface area contributed by atoms with Crippen molar-refractivity contribution < 1.29 is 32.1 Å². The normalized spacial score (nSPS) is 11.2. The number of rotatable bonds is 9. The summed E-state index contributed by atoms with van der Waals surface area (Å²) in [6.07, 6.45) is 0. The predicted octanol–water partition coefficient (Wildman–Crippen LogP) is 1.87. The number of ether oxygens (including phenoxy) is 1. The number of Topliss-reactive ketones (excluding diaryl/α,β-unsaturated/α-hetero) is 1. The molecule has 13 heteroatoms. The monoisotopic (exact) mass is 460 g/mol. The summed E-state index contributed by atoms with van der Waals surface area (Å²) in [5.41, 5.74) is 0.694. The Bertz CT molecular complexity index is 1250. The van der Waals surface area contributed by atoms with Gasteiger partial charge in [-0.1, -0.05) is 12.1 Å². The molecule has 0 radical (unpaired) electrons. The van der Waals surface area contributed by atoms with Crippen molar-refractivity contribution in [1.29, 1.82) is 0 Å². The zero-order valence-electron chi connectivity index (χ0n) is 16.5. The molecule has 0 unspecified atom stereocenters. The first-order valence-electron chi connectivity index (χ1n) is 8.99. The highest BCUT2D eigenvalue weighted by Crippen LogP contribution is 2.21. The summed E-state index contributed by atoms with van der Waals surface area (Å²) in [5, 5.41) is 18.2. The smallest absolute Gasteiger partial charge is 0.321 e. The van der Waals surface area contributed by atoms with E-state index in [1.165, 1.54) is 55.5 Å². The van der Waals surface area contributed by atoms with Crippen LogP contribution in [0.25, 0.3) is 11.5 Å². The molecule has 12 nitrogen and oxygen atoms in total. The van der Waals surface area contributed by atoms with Crippen molar-refractivity contribution in [3.8, 4) is 11.5 Å². The second-order valence-corrected chi connectivity index (χ2v) is 8.14. The largest absolute Gasteiger partial charge is 0.455 e. The van der Waals surface area contributed by atoms with Crippen LogP contribution in [0.3, 0.4) is 0 Å². The molecule has 0 amide bonds. The maximum atomic E-state index is 12.2. The van der Waals surface area contributed by atoms with Crippen molar-refractivity contribution in [2.24, 2.45) is 0 Å². The Balaban J connectivity index is 1.52. The van der Waals surface area contributed by atoms with Crippen LogP contribution < -0.4 is 4.72 Å². The van der Waals surface area contributed by atoms with Gasteiger partial charge < -0.3 is 9.15 Å². The van der Waals surface area contributed by atoms with Crippen LogP contribution in [0.4, 0.5) is 5.69 Å². The van der Waals surface area contributed by atoms with E-state index in [1.807, 2.05) is 0 Å². The van der Waals surface area contributed by atoms with Crippen LogP contribution >= 0.6 is 0 Å². The number of nitro benzene ring substituents is 1. The number of benzene rings is 2. The van der Waals surface area contributed by atoms with Gasteiger partial charge in [0, 0.05) is 23.3 Å². The van der Waals surface area contributed by atoms with Gasteiger partial charge in [-0.2, -0.15) is 4.72 Å². The highest BCUT2D eigenvalue weighted by atomic mass is 32.2. The second-order valence-electron chi connectivity index (χ2n) is 6.37. The molecule has 0 aliphatic heterocycles. The summed E-state index contributed by atoms with van der Waals surface area (Å²) in [5.74, 6) is -1.07. The van der Waals surface area contributed by atoms with E-state index in [0.717, 1.165) is 0 Å². The summed E-state index contributed by atoms with van der Waals surface area (Å²) < 4.78 is 36.8. The molecular weight excluding hydrogens is 444 g/mol. The van der Waals surface area contributed by atoms with E-state index in [2.05, 4.69) is 14.9 Å². The van der Waals surface area contributed by atoms with Gasteiger partial charge in [0.1, 0.15) is 6.54 Å².